The maximum absolute atomic E-state index is 11.8. The van der Waals surface area contributed by atoms with Crippen molar-refractivity contribution in [1.82, 2.24) is 10.2 Å². The molecule has 1 rings (SSSR count). The van der Waals surface area contributed by atoms with Gasteiger partial charge in [0, 0.05) is 6.54 Å². The van der Waals surface area contributed by atoms with Crippen LogP contribution in [0.1, 0.15) is 27.2 Å². The number of hydrogen-bond acceptors (Lipinski definition) is 2. The highest BCUT2D eigenvalue weighted by Gasteiger charge is 2.34. The molecule has 0 radical (unpaired) electrons. The average molecular weight is 210 g/mol. The van der Waals surface area contributed by atoms with E-state index in [0.29, 0.717) is 6.54 Å². The molecule has 1 N–H and O–H groups in total. The molecule has 1 saturated heterocycles. The van der Waals surface area contributed by atoms with E-state index in [9.17, 15) is 9.59 Å². The Morgan fingerprint density at radius 2 is 2.07 bits per heavy atom. The van der Waals surface area contributed by atoms with Crippen LogP contribution in [0.25, 0.3) is 0 Å². The normalized spacial score (nSPS) is 27.3. The molecule has 84 valence electrons. The van der Waals surface area contributed by atoms with Crippen LogP contribution in [-0.4, -0.2) is 35.3 Å². The van der Waals surface area contributed by atoms with Gasteiger partial charge in [-0.05, 0) is 27.2 Å². The summed E-state index contributed by atoms with van der Waals surface area (Å²) in [5.41, 5.74) is 0. The van der Waals surface area contributed by atoms with Crippen molar-refractivity contribution in [3.8, 4) is 0 Å². The number of nitrogens with one attached hydrogen (secondary N) is 1. The van der Waals surface area contributed by atoms with E-state index in [0.717, 1.165) is 6.42 Å². The van der Waals surface area contributed by atoms with Gasteiger partial charge in [-0.15, -0.1) is 0 Å². The summed E-state index contributed by atoms with van der Waals surface area (Å²) in [6.07, 6.45) is 4.74. The van der Waals surface area contributed by atoms with E-state index in [1.165, 1.54) is 0 Å². The molecule has 2 unspecified atom stereocenters. The number of hydrogen-bond donors (Lipinski definition) is 1. The first-order valence-corrected chi connectivity index (χ1v) is 5.30. The Bertz CT molecular complexity index is 286. The van der Waals surface area contributed by atoms with E-state index < -0.39 is 0 Å². The second kappa shape index (κ2) is 4.96. The Balaban J connectivity index is 2.65. The molecule has 0 bridgehead atoms. The Morgan fingerprint density at radius 3 is 2.67 bits per heavy atom. The van der Waals surface area contributed by atoms with Crippen molar-refractivity contribution in [1.29, 1.82) is 0 Å². The van der Waals surface area contributed by atoms with Crippen molar-refractivity contribution >= 4 is 11.8 Å². The van der Waals surface area contributed by atoms with E-state index in [1.54, 1.807) is 18.7 Å². The number of allylic oxidation sites excluding steroid dienone is 1. The molecule has 0 saturated carbocycles. The molecule has 0 aromatic carbocycles. The van der Waals surface area contributed by atoms with Gasteiger partial charge in [0.1, 0.15) is 12.1 Å². The molecule has 4 heteroatoms. The fourth-order valence-corrected chi connectivity index (χ4v) is 1.66. The van der Waals surface area contributed by atoms with Gasteiger partial charge < -0.3 is 10.2 Å². The van der Waals surface area contributed by atoms with Crippen LogP contribution >= 0.6 is 0 Å². The summed E-state index contributed by atoms with van der Waals surface area (Å²) in [5, 5.41) is 2.65. The highest BCUT2D eigenvalue weighted by atomic mass is 16.2. The van der Waals surface area contributed by atoms with Gasteiger partial charge in [0.05, 0.1) is 0 Å². The SMILES string of the molecule is C/C=C/CCN1C(=O)C(C)NC(=O)C1C. The third kappa shape index (κ3) is 2.58. The minimum absolute atomic E-state index is 0.00611. The van der Waals surface area contributed by atoms with E-state index >= 15 is 0 Å². The smallest absolute Gasteiger partial charge is 0.245 e. The van der Waals surface area contributed by atoms with Crippen molar-refractivity contribution in [2.24, 2.45) is 0 Å². The van der Waals surface area contributed by atoms with Crippen LogP contribution in [0, 0.1) is 0 Å². The van der Waals surface area contributed by atoms with Gasteiger partial charge in [0.25, 0.3) is 0 Å². The standard InChI is InChI=1S/C11H18N2O2/c1-4-5-6-7-13-9(3)10(14)12-8(2)11(13)15/h4-5,8-9H,6-7H2,1-3H3,(H,12,14)/b5-4+. The number of rotatable bonds is 3. The molecular formula is C11H18N2O2. The Hall–Kier alpha value is -1.32. The van der Waals surface area contributed by atoms with Gasteiger partial charge in [-0.1, -0.05) is 12.2 Å². The predicted octanol–water partition coefficient (Wildman–Crippen LogP) is 0.688. The van der Waals surface area contributed by atoms with Gasteiger partial charge in [-0.25, -0.2) is 0 Å². The lowest BCUT2D eigenvalue weighted by Gasteiger charge is -2.35. The fraction of sp³-hybridized carbons (Fsp3) is 0.636. The van der Waals surface area contributed by atoms with Crippen molar-refractivity contribution < 1.29 is 9.59 Å². The molecule has 1 aliphatic rings. The van der Waals surface area contributed by atoms with Crippen LogP contribution in [-0.2, 0) is 9.59 Å². The van der Waals surface area contributed by atoms with Crippen molar-refractivity contribution in [2.45, 2.75) is 39.3 Å². The predicted molar refractivity (Wildman–Crippen MR) is 58.2 cm³/mol. The third-order valence-electron chi connectivity index (χ3n) is 2.63. The highest BCUT2D eigenvalue weighted by molar-refractivity contribution is 5.96. The van der Waals surface area contributed by atoms with Gasteiger partial charge in [0.15, 0.2) is 0 Å². The van der Waals surface area contributed by atoms with Gasteiger partial charge in [-0.2, -0.15) is 0 Å². The quantitative estimate of drug-likeness (QED) is 0.697. The molecule has 0 aromatic heterocycles. The molecule has 2 amide bonds. The zero-order valence-electron chi connectivity index (χ0n) is 9.49. The summed E-state index contributed by atoms with van der Waals surface area (Å²) in [7, 11) is 0. The number of carbonyl (C=O) groups is 2. The average Bonchev–Trinajstić information content (AvgIpc) is 2.20. The largest absolute Gasteiger partial charge is 0.343 e. The maximum Gasteiger partial charge on any atom is 0.245 e. The highest BCUT2D eigenvalue weighted by Crippen LogP contribution is 2.10. The number of piperazine rings is 1. The lowest BCUT2D eigenvalue weighted by Crippen LogP contribution is -2.61. The van der Waals surface area contributed by atoms with Crippen molar-refractivity contribution in [3.63, 3.8) is 0 Å². The van der Waals surface area contributed by atoms with Crippen molar-refractivity contribution in [3.05, 3.63) is 12.2 Å². The number of amides is 2. The topological polar surface area (TPSA) is 49.4 Å². The first-order valence-electron chi connectivity index (χ1n) is 5.30. The summed E-state index contributed by atoms with van der Waals surface area (Å²) in [5.74, 6) is -0.0609. The molecule has 1 heterocycles. The van der Waals surface area contributed by atoms with Crippen molar-refractivity contribution in [2.75, 3.05) is 6.54 Å². The maximum atomic E-state index is 11.8. The van der Waals surface area contributed by atoms with Crippen LogP contribution in [0.4, 0.5) is 0 Å². The molecule has 4 nitrogen and oxygen atoms in total. The number of carbonyl (C=O) groups excluding carboxylic acids is 2. The van der Waals surface area contributed by atoms with Gasteiger partial charge in [0.2, 0.25) is 11.8 Å². The fourth-order valence-electron chi connectivity index (χ4n) is 1.66. The third-order valence-corrected chi connectivity index (χ3v) is 2.63. The molecule has 0 aromatic rings. The second-order valence-electron chi connectivity index (χ2n) is 3.80. The second-order valence-corrected chi connectivity index (χ2v) is 3.80. The monoisotopic (exact) mass is 210 g/mol. The first-order chi connectivity index (χ1) is 7.07. The van der Waals surface area contributed by atoms with Crippen LogP contribution in [0.15, 0.2) is 12.2 Å². The number of nitrogens with zero attached hydrogens (tertiary/aromatic N) is 1. The lowest BCUT2D eigenvalue weighted by atomic mass is 10.1. The zero-order chi connectivity index (χ0) is 11.4. The minimum Gasteiger partial charge on any atom is -0.343 e. The van der Waals surface area contributed by atoms with E-state index in [2.05, 4.69) is 5.32 Å². The summed E-state index contributed by atoms with van der Waals surface area (Å²) >= 11 is 0. The van der Waals surface area contributed by atoms with Gasteiger partial charge in [-0.3, -0.25) is 9.59 Å². The molecule has 0 spiro atoms. The Kier molecular flexibility index (Phi) is 3.88. The summed E-state index contributed by atoms with van der Waals surface area (Å²) in [6, 6.07) is -0.738. The Labute approximate surface area is 90.3 Å². The Morgan fingerprint density at radius 1 is 1.40 bits per heavy atom. The molecule has 1 fully saturated rings. The lowest BCUT2D eigenvalue weighted by molar-refractivity contribution is -0.147. The van der Waals surface area contributed by atoms with Crippen LogP contribution in [0.2, 0.25) is 0 Å². The van der Waals surface area contributed by atoms with Crippen LogP contribution < -0.4 is 5.32 Å². The van der Waals surface area contributed by atoms with E-state index in [1.807, 2.05) is 19.1 Å². The molecule has 1 aliphatic heterocycles. The van der Waals surface area contributed by atoms with Gasteiger partial charge >= 0.3 is 0 Å². The summed E-state index contributed by atoms with van der Waals surface area (Å²) < 4.78 is 0. The zero-order valence-corrected chi connectivity index (χ0v) is 9.49. The van der Waals surface area contributed by atoms with Crippen LogP contribution in [0.3, 0.4) is 0 Å². The molecule has 0 aliphatic carbocycles. The van der Waals surface area contributed by atoms with E-state index in [-0.39, 0.29) is 23.9 Å². The minimum atomic E-state index is -0.390. The molecular weight excluding hydrogens is 192 g/mol. The van der Waals surface area contributed by atoms with E-state index in [4.69, 9.17) is 0 Å². The van der Waals surface area contributed by atoms with Crippen LogP contribution in [0.5, 0.6) is 0 Å². The summed E-state index contributed by atoms with van der Waals surface area (Å²) in [4.78, 5) is 24.9. The summed E-state index contributed by atoms with van der Waals surface area (Å²) in [6.45, 7) is 6.03. The molecule has 15 heavy (non-hydrogen) atoms. The first kappa shape index (κ1) is 11.8. The molecule has 2 atom stereocenters.